The minimum absolute atomic E-state index is 0.0513. The van der Waals surface area contributed by atoms with Crippen LogP contribution in [0.2, 0.25) is 5.02 Å². The van der Waals surface area contributed by atoms with E-state index in [2.05, 4.69) is 5.32 Å². The van der Waals surface area contributed by atoms with Crippen LogP contribution in [0.4, 0.5) is 5.69 Å². The monoisotopic (exact) mass is 547 g/mol. The lowest BCUT2D eigenvalue weighted by atomic mass is 10.0. The Hall–Kier alpha value is -2.58. The summed E-state index contributed by atoms with van der Waals surface area (Å²) in [7, 11) is -3.80. The number of para-hydroxylation sites is 1. The van der Waals surface area contributed by atoms with Crippen LogP contribution in [-0.4, -0.2) is 50.0 Å². The molecule has 0 aromatic heterocycles. The summed E-state index contributed by atoms with van der Waals surface area (Å²) < 4.78 is 27.0. The maximum absolute atomic E-state index is 13.9. The van der Waals surface area contributed by atoms with Gasteiger partial charge in [-0.25, -0.2) is 8.42 Å². The number of sulfonamides is 1. The molecule has 2 aromatic carbocycles. The normalized spacial score (nSPS) is 15.0. The maximum atomic E-state index is 13.9. The van der Waals surface area contributed by atoms with Gasteiger partial charge in [-0.15, -0.1) is 0 Å². The third-order valence-corrected chi connectivity index (χ3v) is 8.39. The molecule has 0 heterocycles. The summed E-state index contributed by atoms with van der Waals surface area (Å²) in [6.07, 6.45) is 5.48. The first-order chi connectivity index (χ1) is 17.5. The molecule has 0 aliphatic heterocycles. The predicted octanol–water partition coefficient (Wildman–Crippen LogP) is 5.10. The van der Waals surface area contributed by atoms with Crippen LogP contribution in [-0.2, 0) is 26.2 Å². The van der Waals surface area contributed by atoms with Gasteiger partial charge in [-0.2, -0.15) is 0 Å². The highest BCUT2D eigenvalue weighted by Crippen LogP contribution is 2.29. The number of anilines is 1. The van der Waals surface area contributed by atoms with Crippen LogP contribution in [0, 0.1) is 0 Å². The molecule has 1 fully saturated rings. The van der Waals surface area contributed by atoms with Gasteiger partial charge in [0.05, 0.1) is 11.9 Å². The Bertz CT molecular complexity index is 1200. The third kappa shape index (κ3) is 7.48. The largest absolute Gasteiger partial charge is 0.352 e. The Kier molecular flexibility index (Phi) is 10.0. The highest BCUT2D eigenvalue weighted by Gasteiger charge is 2.33. The van der Waals surface area contributed by atoms with Gasteiger partial charge in [0.1, 0.15) is 12.6 Å². The zero-order chi connectivity index (χ0) is 27.2. The standard InChI is InChI=1S/C28H38ClN3O4S/c1-5-25(28(34)30-22-13-7-8-14-22)31(18-21-12-6-10-16-24(21)29)27(33)19-32(37(4,35)36)26-17-11-9-15-23(26)20(2)3/h6,9-12,15-17,20,22,25H,5,7-8,13-14,18-19H2,1-4H3,(H,30,34)/t25-/m1/s1. The van der Waals surface area contributed by atoms with Gasteiger partial charge in [-0.05, 0) is 48.4 Å². The minimum Gasteiger partial charge on any atom is -0.352 e. The van der Waals surface area contributed by atoms with E-state index in [-0.39, 0.29) is 24.4 Å². The van der Waals surface area contributed by atoms with Crippen molar-refractivity contribution >= 4 is 39.1 Å². The van der Waals surface area contributed by atoms with Gasteiger partial charge in [-0.3, -0.25) is 13.9 Å². The van der Waals surface area contributed by atoms with Crippen LogP contribution in [0.25, 0.3) is 0 Å². The number of nitrogens with one attached hydrogen (secondary N) is 1. The molecule has 0 saturated heterocycles. The number of nitrogens with zero attached hydrogens (tertiary/aromatic N) is 2. The molecule has 9 heteroatoms. The number of halogens is 1. The van der Waals surface area contributed by atoms with Crippen molar-refractivity contribution in [2.75, 3.05) is 17.1 Å². The van der Waals surface area contributed by atoms with Gasteiger partial charge in [-0.1, -0.05) is 81.6 Å². The molecule has 37 heavy (non-hydrogen) atoms. The molecule has 202 valence electrons. The van der Waals surface area contributed by atoms with E-state index < -0.39 is 28.5 Å². The summed E-state index contributed by atoms with van der Waals surface area (Å²) in [5.41, 5.74) is 1.98. The number of benzene rings is 2. The van der Waals surface area contributed by atoms with E-state index in [1.54, 1.807) is 24.3 Å². The summed E-state index contributed by atoms with van der Waals surface area (Å²) in [6.45, 7) is 5.49. The van der Waals surface area contributed by atoms with E-state index in [1.807, 2.05) is 45.0 Å². The Morgan fingerprint density at radius 1 is 1.05 bits per heavy atom. The van der Waals surface area contributed by atoms with E-state index in [0.29, 0.717) is 22.7 Å². The number of hydrogen-bond donors (Lipinski definition) is 1. The summed E-state index contributed by atoms with van der Waals surface area (Å²) in [5, 5.41) is 3.59. The fraction of sp³-hybridized carbons (Fsp3) is 0.500. The van der Waals surface area contributed by atoms with Crippen LogP contribution in [0.15, 0.2) is 48.5 Å². The van der Waals surface area contributed by atoms with Crippen molar-refractivity contribution < 1.29 is 18.0 Å². The van der Waals surface area contributed by atoms with Gasteiger partial charge in [0.25, 0.3) is 0 Å². The molecule has 7 nitrogen and oxygen atoms in total. The molecule has 1 atom stereocenters. The predicted molar refractivity (Wildman–Crippen MR) is 149 cm³/mol. The molecule has 1 aliphatic rings. The fourth-order valence-electron chi connectivity index (χ4n) is 4.89. The molecule has 2 amide bonds. The van der Waals surface area contributed by atoms with E-state index in [1.165, 1.54) is 4.90 Å². The van der Waals surface area contributed by atoms with Crippen LogP contribution < -0.4 is 9.62 Å². The van der Waals surface area contributed by atoms with Gasteiger partial charge in [0, 0.05) is 17.6 Å². The van der Waals surface area contributed by atoms with Crippen molar-refractivity contribution in [2.24, 2.45) is 0 Å². The molecular weight excluding hydrogens is 510 g/mol. The Balaban J connectivity index is 1.98. The minimum atomic E-state index is -3.80. The number of carbonyl (C=O) groups excluding carboxylic acids is 2. The van der Waals surface area contributed by atoms with E-state index in [9.17, 15) is 18.0 Å². The molecular formula is C28H38ClN3O4S. The van der Waals surface area contributed by atoms with Crippen molar-refractivity contribution in [2.45, 2.75) is 77.4 Å². The van der Waals surface area contributed by atoms with Crippen LogP contribution in [0.5, 0.6) is 0 Å². The van der Waals surface area contributed by atoms with Gasteiger partial charge in [0.15, 0.2) is 0 Å². The van der Waals surface area contributed by atoms with Crippen molar-refractivity contribution in [3.05, 3.63) is 64.7 Å². The lowest BCUT2D eigenvalue weighted by molar-refractivity contribution is -0.140. The molecule has 3 rings (SSSR count). The quantitative estimate of drug-likeness (QED) is 0.424. The summed E-state index contributed by atoms with van der Waals surface area (Å²) in [4.78, 5) is 28.8. The summed E-state index contributed by atoms with van der Waals surface area (Å²) >= 11 is 6.42. The second kappa shape index (κ2) is 12.8. The lowest BCUT2D eigenvalue weighted by Crippen LogP contribution is -2.53. The zero-order valence-corrected chi connectivity index (χ0v) is 23.7. The van der Waals surface area contributed by atoms with Crippen molar-refractivity contribution in [1.29, 1.82) is 0 Å². The zero-order valence-electron chi connectivity index (χ0n) is 22.1. The van der Waals surface area contributed by atoms with Gasteiger partial charge < -0.3 is 10.2 Å². The first-order valence-corrected chi connectivity index (χ1v) is 15.1. The van der Waals surface area contributed by atoms with E-state index in [0.717, 1.165) is 41.8 Å². The molecule has 0 unspecified atom stereocenters. The second-order valence-corrected chi connectivity index (χ2v) is 12.3. The van der Waals surface area contributed by atoms with E-state index in [4.69, 9.17) is 11.6 Å². The number of hydrogen-bond acceptors (Lipinski definition) is 4. The Morgan fingerprint density at radius 2 is 1.68 bits per heavy atom. The first-order valence-electron chi connectivity index (χ1n) is 12.9. The summed E-state index contributed by atoms with van der Waals surface area (Å²) in [6, 6.07) is 13.7. The fourth-order valence-corrected chi connectivity index (χ4v) is 5.96. The topological polar surface area (TPSA) is 86.8 Å². The molecule has 1 saturated carbocycles. The molecule has 1 N–H and O–H groups in total. The van der Waals surface area contributed by atoms with Crippen molar-refractivity contribution in [1.82, 2.24) is 10.2 Å². The average Bonchev–Trinajstić information content (AvgIpc) is 3.35. The van der Waals surface area contributed by atoms with Gasteiger partial charge >= 0.3 is 0 Å². The van der Waals surface area contributed by atoms with Crippen LogP contribution in [0.1, 0.15) is 69.9 Å². The highest BCUT2D eigenvalue weighted by molar-refractivity contribution is 7.92. The van der Waals surface area contributed by atoms with Crippen molar-refractivity contribution in [3.8, 4) is 0 Å². The molecule has 0 radical (unpaired) electrons. The second-order valence-electron chi connectivity index (χ2n) is 10.0. The smallest absolute Gasteiger partial charge is 0.244 e. The Morgan fingerprint density at radius 3 is 2.27 bits per heavy atom. The molecule has 0 spiro atoms. The number of carbonyl (C=O) groups is 2. The molecule has 0 bridgehead atoms. The Labute approximate surface area is 226 Å². The number of rotatable bonds is 11. The maximum Gasteiger partial charge on any atom is 0.244 e. The summed E-state index contributed by atoms with van der Waals surface area (Å²) in [5.74, 6) is -0.629. The van der Waals surface area contributed by atoms with Crippen LogP contribution in [0.3, 0.4) is 0 Å². The SMILES string of the molecule is CC[C@H](C(=O)NC1CCCC1)N(Cc1ccccc1Cl)C(=O)CN(c1ccccc1C(C)C)S(C)(=O)=O. The van der Waals surface area contributed by atoms with E-state index >= 15 is 0 Å². The highest BCUT2D eigenvalue weighted by atomic mass is 35.5. The molecule has 2 aromatic rings. The molecule has 1 aliphatic carbocycles. The first kappa shape index (κ1) is 29.0. The lowest BCUT2D eigenvalue weighted by Gasteiger charge is -2.34. The number of amides is 2. The van der Waals surface area contributed by atoms with Gasteiger partial charge in [0.2, 0.25) is 21.8 Å². The third-order valence-electron chi connectivity index (χ3n) is 6.89. The van der Waals surface area contributed by atoms with Crippen molar-refractivity contribution in [3.63, 3.8) is 0 Å². The average molecular weight is 548 g/mol. The van der Waals surface area contributed by atoms with Crippen LogP contribution >= 0.6 is 11.6 Å².